The Labute approximate surface area is 225 Å². The molecule has 2 N–H and O–H groups in total. The van der Waals surface area contributed by atoms with Gasteiger partial charge in [-0.05, 0) is 91.2 Å². The molecule has 4 aliphatic rings. The van der Waals surface area contributed by atoms with Crippen molar-refractivity contribution >= 4 is 23.4 Å². The maximum absolute atomic E-state index is 12.5. The number of hydrogen-bond donors (Lipinski definition) is 2. The predicted molar refractivity (Wildman–Crippen MR) is 144 cm³/mol. The van der Waals surface area contributed by atoms with Crippen molar-refractivity contribution in [3.8, 4) is 0 Å². The van der Waals surface area contributed by atoms with Crippen LogP contribution in [0.1, 0.15) is 84.1 Å². The van der Waals surface area contributed by atoms with Gasteiger partial charge in [0.15, 0.2) is 0 Å². The van der Waals surface area contributed by atoms with E-state index in [0.717, 1.165) is 32.1 Å². The van der Waals surface area contributed by atoms with Gasteiger partial charge in [0.05, 0.1) is 6.42 Å². The lowest BCUT2D eigenvalue weighted by atomic mass is 9.47. The second-order valence-corrected chi connectivity index (χ2v) is 12.3. The molecule has 2 fully saturated rings. The quantitative estimate of drug-likeness (QED) is 0.372. The van der Waals surface area contributed by atoms with Gasteiger partial charge < -0.3 is 15.2 Å². The topological polar surface area (TPSA) is 106 Å². The highest BCUT2D eigenvalue weighted by Gasteiger charge is 2.57. The van der Waals surface area contributed by atoms with E-state index in [1.54, 1.807) is 0 Å². The van der Waals surface area contributed by atoms with Gasteiger partial charge in [-0.15, -0.1) is 0 Å². The van der Waals surface area contributed by atoms with Crippen LogP contribution >= 0.6 is 0 Å². The second kappa shape index (κ2) is 10.3. The molecule has 204 valence electrons. The number of amides is 1. The highest BCUT2D eigenvalue weighted by atomic mass is 16.5. The van der Waals surface area contributed by atoms with Gasteiger partial charge in [0.2, 0.25) is 5.91 Å². The van der Waals surface area contributed by atoms with E-state index < -0.39 is 17.9 Å². The molecule has 38 heavy (non-hydrogen) atoms. The monoisotopic (exact) mass is 520 g/mol. The van der Waals surface area contributed by atoms with E-state index in [2.05, 4.69) is 42.4 Å². The van der Waals surface area contributed by atoms with Gasteiger partial charge in [-0.1, -0.05) is 37.6 Å². The minimum Gasteiger partial charge on any atom is -0.480 e. The standard InChI is InChI=1S/C31H40N2O5/c1-19(29(36)37)33-27(34)10-11-28(35)38-22-12-14-30(2)21(17-22)6-7-23-25-9-8-24(20-5-4-16-32-18-20)31(25,3)15-13-26(23)30/h4-6,8,16,18-19,22-23,25-26H,7,9-15,17H2,1-3H3,(H,33,34)(H,36,37)/t19?,22-,23-,25?,26?,30-,31+/m0/s1. The lowest BCUT2D eigenvalue weighted by molar-refractivity contribution is -0.152. The second-order valence-electron chi connectivity index (χ2n) is 12.3. The average Bonchev–Trinajstić information content (AvgIpc) is 3.25. The number of pyridine rings is 1. The first kappa shape index (κ1) is 26.6. The van der Waals surface area contributed by atoms with Crippen molar-refractivity contribution in [3.05, 3.63) is 47.8 Å². The zero-order chi connectivity index (χ0) is 27.1. The molecular formula is C31H40N2O5. The van der Waals surface area contributed by atoms with Gasteiger partial charge in [0.25, 0.3) is 0 Å². The zero-order valence-corrected chi connectivity index (χ0v) is 22.7. The van der Waals surface area contributed by atoms with Gasteiger partial charge in [-0.25, -0.2) is 0 Å². The number of rotatable bonds is 7. The third-order valence-electron chi connectivity index (χ3n) is 10.2. The Morgan fingerprint density at radius 1 is 1.11 bits per heavy atom. The molecule has 0 radical (unpaired) electrons. The normalized spacial score (nSPS) is 34.5. The van der Waals surface area contributed by atoms with Crippen LogP contribution in [0.15, 0.2) is 42.3 Å². The van der Waals surface area contributed by atoms with E-state index >= 15 is 0 Å². The Kier molecular flexibility index (Phi) is 7.23. The van der Waals surface area contributed by atoms with E-state index in [1.165, 1.54) is 36.5 Å². The van der Waals surface area contributed by atoms with Crippen LogP contribution in [0.3, 0.4) is 0 Å². The molecule has 7 heteroatoms. The average molecular weight is 521 g/mol. The SMILES string of the molecule is CC(NC(=O)CCC(=O)O[C@H]1CC[C@@]2(C)C(=CC[C@@H]3C2CC[C@]2(C)C(c4cccnc4)=CCC32)C1)C(=O)O. The highest BCUT2D eigenvalue weighted by molar-refractivity contribution is 5.85. The fourth-order valence-corrected chi connectivity index (χ4v) is 8.10. The molecule has 0 saturated heterocycles. The first-order chi connectivity index (χ1) is 18.1. The van der Waals surface area contributed by atoms with Crippen LogP contribution in [-0.4, -0.2) is 40.1 Å². The van der Waals surface area contributed by atoms with Crippen molar-refractivity contribution in [1.29, 1.82) is 0 Å². The maximum atomic E-state index is 12.5. The number of carboxylic acids is 1. The minimum absolute atomic E-state index is 0.0395. The summed E-state index contributed by atoms with van der Waals surface area (Å²) in [6.07, 6.45) is 15.8. The molecule has 7 nitrogen and oxygen atoms in total. The summed E-state index contributed by atoms with van der Waals surface area (Å²) in [4.78, 5) is 39.7. The lowest BCUT2D eigenvalue weighted by Gasteiger charge is -2.57. The third kappa shape index (κ3) is 4.80. The van der Waals surface area contributed by atoms with Crippen molar-refractivity contribution in [2.24, 2.45) is 28.6 Å². The van der Waals surface area contributed by atoms with Crippen molar-refractivity contribution in [2.75, 3.05) is 0 Å². The van der Waals surface area contributed by atoms with Gasteiger partial charge in [-0.3, -0.25) is 19.4 Å². The molecule has 0 bridgehead atoms. The third-order valence-corrected chi connectivity index (χ3v) is 10.2. The maximum Gasteiger partial charge on any atom is 0.325 e. The number of fused-ring (bicyclic) bond motifs is 5. The summed E-state index contributed by atoms with van der Waals surface area (Å²) in [7, 11) is 0. The van der Waals surface area contributed by atoms with E-state index in [-0.39, 0.29) is 35.7 Å². The van der Waals surface area contributed by atoms with Crippen LogP contribution < -0.4 is 5.32 Å². The van der Waals surface area contributed by atoms with Crippen molar-refractivity contribution in [3.63, 3.8) is 0 Å². The molecule has 1 amide bonds. The number of aliphatic carboxylic acids is 1. The minimum atomic E-state index is -1.10. The molecule has 0 aromatic carbocycles. The van der Waals surface area contributed by atoms with Crippen LogP contribution in [0, 0.1) is 28.6 Å². The Hall–Kier alpha value is -2.96. The van der Waals surface area contributed by atoms with Gasteiger partial charge in [0.1, 0.15) is 12.1 Å². The number of carbonyl (C=O) groups is 3. The molecule has 5 rings (SSSR count). The van der Waals surface area contributed by atoms with E-state index in [0.29, 0.717) is 17.8 Å². The van der Waals surface area contributed by atoms with Gasteiger partial charge in [0, 0.05) is 25.2 Å². The molecule has 1 aromatic heterocycles. The number of nitrogens with one attached hydrogen (secondary N) is 1. The predicted octanol–water partition coefficient (Wildman–Crippen LogP) is 5.32. The summed E-state index contributed by atoms with van der Waals surface area (Å²) in [6, 6.07) is 3.26. The van der Waals surface area contributed by atoms with Crippen molar-refractivity contribution in [1.82, 2.24) is 10.3 Å². The van der Waals surface area contributed by atoms with Gasteiger partial charge >= 0.3 is 11.9 Å². The van der Waals surface area contributed by atoms with Crippen LogP contribution in [0.4, 0.5) is 0 Å². The Bertz CT molecular complexity index is 1160. The Balaban J connectivity index is 1.20. The molecule has 3 unspecified atom stereocenters. The van der Waals surface area contributed by atoms with Crippen LogP contribution in [0.5, 0.6) is 0 Å². The van der Waals surface area contributed by atoms with Crippen LogP contribution in [0.2, 0.25) is 0 Å². The Morgan fingerprint density at radius 2 is 1.89 bits per heavy atom. The number of hydrogen-bond acceptors (Lipinski definition) is 5. The number of allylic oxidation sites excluding steroid dienone is 3. The lowest BCUT2D eigenvalue weighted by Crippen LogP contribution is -2.50. The first-order valence-corrected chi connectivity index (χ1v) is 14.1. The summed E-state index contributed by atoms with van der Waals surface area (Å²) >= 11 is 0. The summed E-state index contributed by atoms with van der Waals surface area (Å²) < 4.78 is 5.78. The Morgan fingerprint density at radius 3 is 2.63 bits per heavy atom. The number of esters is 1. The number of ether oxygens (including phenoxy) is 1. The van der Waals surface area contributed by atoms with Crippen LogP contribution in [0.25, 0.3) is 5.57 Å². The molecule has 1 aromatic rings. The zero-order valence-electron chi connectivity index (χ0n) is 22.7. The molecule has 0 aliphatic heterocycles. The number of carbonyl (C=O) groups excluding carboxylic acids is 2. The number of nitrogens with zero attached hydrogens (tertiary/aromatic N) is 1. The number of aromatic nitrogens is 1. The summed E-state index contributed by atoms with van der Waals surface area (Å²) in [5.41, 5.74) is 4.54. The highest BCUT2D eigenvalue weighted by Crippen LogP contribution is 2.66. The van der Waals surface area contributed by atoms with E-state index in [1.807, 2.05) is 18.5 Å². The van der Waals surface area contributed by atoms with Crippen molar-refractivity contribution < 1.29 is 24.2 Å². The fourth-order valence-electron chi connectivity index (χ4n) is 8.10. The smallest absolute Gasteiger partial charge is 0.325 e. The fraction of sp³-hybridized carbons (Fsp3) is 0.613. The molecular weight excluding hydrogens is 480 g/mol. The van der Waals surface area contributed by atoms with Crippen molar-refractivity contribution in [2.45, 2.75) is 90.7 Å². The van der Waals surface area contributed by atoms with Gasteiger partial charge in [-0.2, -0.15) is 0 Å². The van der Waals surface area contributed by atoms with E-state index in [4.69, 9.17) is 9.84 Å². The summed E-state index contributed by atoms with van der Waals surface area (Å²) in [5, 5.41) is 11.3. The van der Waals surface area contributed by atoms with Crippen LogP contribution in [-0.2, 0) is 19.1 Å². The number of carboxylic acid groups (broad SMARTS) is 1. The largest absolute Gasteiger partial charge is 0.480 e. The first-order valence-electron chi connectivity index (χ1n) is 14.1. The molecule has 7 atom stereocenters. The molecule has 0 spiro atoms. The van der Waals surface area contributed by atoms with E-state index in [9.17, 15) is 14.4 Å². The summed E-state index contributed by atoms with van der Waals surface area (Å²) in [6.45, 7) is 6.31. The molecule has 4 aliphatic carbocycles. The molecule has 1 heterocycles. The molecule has 2 saturated carbocycles. The summed E-state index contributed by atoms with van der Waals surface area (Å²) in [5.74, 6) is 0.0231.